The fourth-order valence-electron chi connectivity index (χ4n) is 1.75. The SMILES string of the molecule is CC(=O)c1c(C(=O)O)c(=O)oc2cc(O)ccc12. The van der Waals surface area contributed by atoms with E-state index in [9.17, 15) is 19.5 Å². The molecule has 6 nitrogen and oxygen atoms in total. The number of benzene rings is 1. The van der Waals surface area contributed by atoms with E-state index in [1.807, 2.05) is 0 Å². The number of hydrogen-bond acceptors (Lipinski definition) is 5. The third-order valence-electron chi connectivity index (χ3n) is 2.46. The maximum absolute atomic E-state index is 11.5. The van der Waals surface area contributed by atoms with Crippen molar-refractivity contribution in [3.8, 4) is 5.75 Å². The van der Waals surface area contributed by atoms with Crippen LogP contribution in [0, 0.1) is 0 Å². The normalized spacial score (nSPS) is 10.5. The van der Waals surface area contributed by atoms with Crippen molar-refractivity contribution in [3.63, 3.8) is 0 Å². The van der Waals surface area contributed by atoms with Gasteiger partial charge in [-0.05, 0) is 19.1 Å². The minimum atomic E-state index is -1.52. The molecular formula is C12H8O6. The van der Waals surface area contributed by atoms with Crippen LogP contribution >= 0.6 is 0 Å². The fraction of sp³-hybridized carbons (Fsp3) is 0.0833. The van der Waals surface area contributed by atoms with E-state index < -0.39 is 22.9 Å². The summed E-state index contributed by atoms with van der Waals surface area (Å²) in [6.07, 6.45) is 0. The molecule has 2 N–H and O–H groups in total. The van der Waals surface area contributed by atoms with Gasteiger partial charge in [0.25, 0.3) is 0 Å². The largest absolute Gasteiger partial charge is 0.508 e. The molecule has 0 aliphatic heterocycles. The number of rotatable bonds is 2. The van der Waals surface area contributed by atoms with E-state index in [1.165, 1.54) is 12.1 Å². The molecule has 0 aliphatic carbocycles. The molecule has 1 aromatic heterocycles. The van der Waals surface area contributed by atoms with Gasteiger partial charge in [0.1, 0.15) is 11.3 Å². The molecule has 0 unspecified atom stereocenters. The summed E-state index contributed by atoms with van der Waals surface area (Å²) in [6, 6.07) is 3.76. The van der Waals surface area contributed by atoms with E-state index in [4.69, 9.17) is 9.52 Å². The number of aromatic carboxylic acids is 1. The predicted molar refractivity (Wildman–Crippen MR) is 61.1 cm³/mol. The second-order valence-electron chi connectivity index (χ2n) is 3.68. The molecule has 0 radical (unpaired) electrons. The Morgan fingerprint density at radius 1 is 1.22 bits per heavy atom. The van der Waals surface area contributed by atoms with E-state index in [0.717, 1.165) is 13.0 Å². The Morgan fingerprint density at radius 2 is 1.89 bits per heavy atom. The highest BCUT2D eigenvalue weighted by Gasteiger charge is 2.23. The van der Waals surface area contributed by atoms with Gasteiger partial charge in [-0.15, -0.1) is 0 Å². The molecule has 0 spiro atoms. The highest BCUT2D eigenvalue weighted by atomic mass is 16.4. The molecule has 0 bridgehead atoms. The molecule has 0 atom stereocenters. The summed E-state index contributed by atoms with van der Waals surface area (Å²) < 4.78 is 4.78. The number of carboxylic acid groups (broad SMARTS) is 1. The van der Waals surface area contributed by atoms with Crippen LogP contribution in [-0.2, 0) is 0 Å². The van der Waals surface area contributed by atoms with E-state index in [2.05, 4.69) is 0 Å². The van der Waals surface area contributed by atoms with Crippen molar-refractivity contribution in [2.24, 2.45) is 0 Å². The number of carbonyl (C=O) groups excluding carboxylic acids is 1. The number of fused-ring (bicyclic) bond motifs is 1. The lowest BCUT2D eigenvalue weighted by molar-refractivity contribution is 0.0688. The number of carbonyl (C=O) groups is 2. The number of Topliss-reactive ketones (excluding diaryl/α,β-unsaturated/α-hetero) is 1. The Labute approximate surface area is 100 Å². The van der Waals surface area contributed by atoms with Gasteiger partial charge in [0.15, 0.2) is 11.3 Å². The molecule has 0 saturated heterocycles. The van der Waals surface area contributed by atoms with Gasteiger partial charge in [0.2, 0.25) is 0 Å². The molecule has 1 aromatic carbocycles. The van der Waals surface area contributed by atoms with Crippen LogP contribution in [0.3, 0.4) is 0 Å². The Morgan fingerprint density at radius 3 is 2.44 bits per heavy atom. The summed E-state index contributed by atoms with van der Waals surface area (Å²) in [4.78, 5) is 34.0. The smallest absolute Gasteiger partial charge is 0.351 e. The minimum Gasteiger partial charge on any atom is -0.508 e. The van der Waals surface area contributed by atoms with Crippen molar-refractivity contribution in [1.29, 1.82) is 0 Å². The summed E-state index contributed by atoms with van der Waals surface area (Å²) >= 11 is 0. The Balaban J connectivity index is 3.03. The summed E-state index contributed by atoms with van der Waals surface area (Å²) in [6.45, 7) is 1.16. The van der Waals surface area contributed by atoms with E-state index in [-0.39, 0.29) is 22.3 Å². The third kappa shape index (κ3) is 1.73. The third-order valence-corrected chi connectivity index (χ3v) is 2.46. The van der Waals surface area contributed by atoms with Gasteiger partial charge >= 0.3 is 11.6 Å². The van der Waals surface area contributed by atoms with Gasteiger partial charge < -0.3 is 14.6 Å². The molecule has 0 fully saturated rings. The van der Waals surface area contributed by atoms with Crippen LogP contribution < -0.4 is 5.63 Å². The Bertz CT molecular complexity index is 725. The predicted octanol–water partition coefficient (Wildman–Crippen LogP) is 1.40. The van der Waals surface area contributed by atoms with Crippen molar-refractivity contribution >= 4 is 22.7 Å². The lowest BCUT2D eigenvalue weighted by atomic mass is 10.0. The standard InChI is InChI=1S/C12H8O6/c1-5(13)9-7-3-2-6(14)4-8(7)18-12(17)10(9)11(15)16/h2-4,14H,1H3,(H,15,16). The molecule has 2 rings (SSSR count). The fourth-order valence-corrected chi connectivity index (χ4v) is 1.75. The van der Waals surface area contributed by atoms with Crippen LogP contribution in [-0.4, -0.2) is 22.0 Å². The van der Waals surface area contributed by atoms with Crippen molar-refractivity contribution in [2.45, 2.75) is 6.92 Å². The summed E-state index contributed by atoms with van der Waals surface area (Å²) in [5.74, 6) is -2.23. The Hall–Kier alpha value is -2.63. The molecule has 1 heterocycles. The molecule has 6 heteroatoms. The number of hydrogen-bond donors (Lipinski definition) is 2. The zero-order valence-corrected chi connectivity index (χ0v) is 9.26. The molecule has 0 saturated carbocycles. The van der Waals surface area contributed by atoms with Crippen molar-refractivity contribution < 1.29 is 24.2 Å². The van der Waals surface area contributed by atoms with Crippen LogP contribution in [0.15, 0.2) is 27.4 Å². The highest BCUT2D eigenvalue weighted by molar-refractivity contribution is 6.12. The molecular weight excluding hydrogens is 240 g/mol. The summed E-state index contributed by atoms with van der Waals surface area (Å²) in [5.41, 5.74) is -2.06. The second kappa shape index (κ2) is 3.99. The van der Waals surface area contributed by atoms with Gasteiger partial charge in [-0.3, -0.25) is 4.79 Å². The van der Waals surface area contributed by atoms with Crippen molar-refractivity contribution in [2.75, 3.05) is 0 Å². The van der Waals surface area contributed by atoms with Gasteiger partial charge in [-0.25, -0.2) is 9.59 Å². The lowest BCUT2D eigenvalue weighted by Crippen LogP contribution is -2.19. The van der Waals surface area contributed by atoms with Gasteiger partial charge in [-0.2, -0.15) is 0 Å². The minimum absolute atomic E-state index is 0.0322. The first-order valence-electron chi connectivity index (χ1n) is 4.96. The number of phenols is 1. The molecule has 2 aromatic rings. The quantitative estimate of drug-likeness (QED) is 0.614. The second-order valence-corrected chi connectivity index (χ2v) is 3.68. The Kier molecular flexibility index (Phi) is 2.63. The average molecular weight is 248 g/mol. The van der Waals surface area contributed by atoms with Crippen molar-refractivity contribution in [1.82, 2.24) is 0 Å². The van der Waals surface area contributed by atoms with Crippen molar-refractivity contribution in [3.05, 3.63) is 39.7 Å². The molecule has 0 amide bonds. The number of ketones is 1. The van der Waals surface area contributed by atoms with Gasteiger partial charge in [0.05, 0.1) is 5.56 Å². The van der Waals surface area contributed by atoms with E-state index in [0.29, 0.717) is 0 Å². The zero-order valence-electron chi connectivity index (χ0n) is 9.26. The first-order valence-corrected chi connectivity index (χ1v) is 4.96. The first-order chi connectivity index (χ1) is 8.41. The van der Waals surface area contributed by atoms with Crippen LogP contribution in [0.5, 0.6) is 5.75 Å². The van der Waals surface area contributed by atoms with Crippen LogP contribution in [0.4, 0.5) is 0 Å². The number of carboxylic acids is 1. The van der Waals surface area contributed by atoms with Gasteiger partial charge in [-0.1, -0.05) is 0 Å². The van der Waals surface area contributed by atoms with Gasteiger partial charge in [0, 0.05) is 11.5 Å². The van der Waals surface area contributed by atoms with E-state index >= 15 is 0 Å². The van der Waals surface area contributed by atoms with E-state index in [1.54, 1.807) is 0 Å². The lowest BCUT2D eigenvalue weighted by Gasteiger charge is -2.05. The summed E-state index contributed by atoms with van der Waals surface area (Å²) in [5, 5.41) is 18.4. The first kappa shape index (κ1) is 11.8. The van der Waals surface area contributed by atoms with Crippen LogP contribution in [0.2, 0.25) is 0 Å². The number of aromatic hydroxyl groups is 1. The maximum atomic E-state index is 11.5. The zero-order chi connectivity index (χ0) is 13.4. The molecule has 92 valence electrons. The highest BCUT2D eigenvalue weighted by Crippen LogP contribution is 2.24. The van der Waals surface area contributed by atoms with Crippen LogP contribution in [0.25, 0.3) is 11.0 Å². The average Bonchev–Trinajstić information content (AvgIpc) is 2.25. The molecule has 18 heavy (non-hydrogen) atoms. The topological polar surface area (TPSA) is 105 Å². The monoisotopic (exact) mass is 248 g/mol. The molecule has 0 aliphatic rings. The van der Waals surface area contributed by atoms with Crippen LogP contribution in [0.1, 0.15) is 27.6 Å². The maximum Gasteiger partial charge on any atom is 0.351 e. The summed E-state index contributed by atoms with van der Waals surface area (Å²) in [7, 11) is 0. The number of phenolic OH excluding ortho intramolecular Hbond substituents is 1.